The number of pyridine rings is 1. The summed E-state index contributed by atoms with van der Waals surface area (Å²) in [4.78, 5) is 19.1. The van der Waals surface area contributed by atoms with Gasteiger partial charge in [-0.3, -0.25) is 9.20 Å². The maximum Gasteiger partial charge on any atom is 0.258 e. The minimum atomic E-state index is -0.0554. The Hall–Kier alpha value is -2.82. The van der Waals surface area contributed by atoms with E-state index in [4.69, 9.17) is 4.74 Å². The van der Waals surface area contributed by atoms with Crippen molar-refractivity contribution in [3.05, 3.63) is 70.8 Å². The maximum atomic E-state index is 12.2. The molecule has 1 unspecified atom stereocenters. The highest BCUT2D eigenvalue weighted by Gasteiger charge is 2.23. The maximum absolute atomic E-state index is 12.2. The number of benzene rings is 1. The molecule has 0 spiro atoms. The Morgan fingerprint density at radius 1 is 1.22 bits per heavy atom. The third-order valence-electron chi connectivity index (χ3n) is 3.99. The normalized spacial score (nSPS) is 16.9. The number of nitrogens with zero attached hydrogens (tertiary/aromatic N) is 3. The number of rotatable bonds is 2. The van der Waals surface area contributed by atoms with Gasteiger partial charge in [-0.15, -0.1) is 0 Å². The fourth-order valence-corrected chi connectivity index (χ4v) is 3.01. The van der Waals surface area contributed by atoms with Gasteiger partial charge in [0.05, 0.1) is 24.5 Å². The van der Waals surface area contributed by atoms with E-state index in [-0.39, 0.29) is 11.7 Å². The van der Waals surface area contributed by atoms with Gasteiger partial charge in [0.1, 0.15) is 17.5 Å². The molecule has 1 aromatic carbocycles. The van der Waals surface area contributed by atoms with Crippen LogP contribution in [0.4, 0.5) is 5.69 Å². The minimum Gasteiger partial charge on any atom is -0.487 e. The van der Waals surface area contributed by atoms with E-state index in [1.54, 1.807) is 16.7 Å². The van der Waals surface area contributed by atoms with Gasteiger partial charge in [-0.2, -0.15) is 0 Å². The van der Waals surface area contributed by atoms with Crippen LogP contribution in [-0.2, 0) is 6.54 Å². The van der Waals surface area contributed by atoms with Gasteiger partial charge in [0.2, 0.25) is 0 Å². The fraction of sp³-hybridized carbons (Fsp3) is 0.222. The number of fused-ring (bicyclic) bond motifs is 2. The first-order valence-corrected chi connectivity index (χ1v) is 7.69. The topological polar surface area (TPSA) is 46.8 Å². The van der Waals surface area contributed by atoms with Gasteiger partial charge in [0, 0.05) is 12.3 Å². The summed E-state index contributed by atoms with van der Waals surface area (Å²) in [5, 5.41) is 0. The lowest BCUT2D eigenvalue weighted by Crippen LogP contribution is -2.38. The number of ether oxygens (including phenoxy) is 1. The summed E-state index contributed by atoms with van der Waals surface area (Å²) in [5.41, 5.74) is 2.43. The van der Waals surface area contributed by atoms with Crippen molar-refractivity contribution in [3.63, 3.8) is 0 Å². The molecule has 1 atom stereocenters. The van der Waals surface area contributed by atoms with Gasteiger partial charge in [0.25, 0.3) is 5.56 Å². The van der Waals surface area contributed by atoms with E-state index in [1.807, 2.05) is 49.4 Å². The average molecular weight is 307 g/mol. The molecular weight excluding hydrogens is 290 g/mol. The first-order chi connectivity index (χ1) is 11.2. The van der Waals surface area contributed by atoms with Crippen molar-refractivity contribution in [2.24, 2.45) is 0 Å². The predicted molar refractivity (Wildman–Crippen MR) is 89.0 cm³/mol. The van der Waals surface area contributed by atoms with Crippen molar-refractivity contribution in [1.82, 2.24) is 9.38 Å². The Morgan fingerprint density at radius 3 is 2.96 bits per heavy atom. The molecule has 0 aliphatic carbocycles. The monoisotopic (exact) mass is 307 g/mol. The lowest BCUT2D eigenvalue weighted by Gasteiger charge is -2.34. The van der Waals surface area contributed by atoms with Gasteiger partial charge in [-0.05, 0) is 31.2 Å². The van der Waals surface area contributed by atoms with E-state index < -0.39 is 0 Å². The van der Waals surface area contributed by atoms with Gasteiger partial charge in [-0.1, -0.05) is 18.2 Å². The summed E-state index contributed by atoms with van der Waals surface area (Å²) < 4.78 is 7.42. The summed E-state index contributed by atoms with van der Waals surface area (Å²) in [7, 11) is 0. The van der Waals surface area contributed by atoms with Crippen molar-refractivity contribution in [2.45, 2.75) is 19.6 Å². The first-order valence-electron chi connectivity index (χ1n) is 7.69. The zero-order chi connectivity index (χ0) is 15.8. The molecule has 0 bridgehead atoms. The Morgan fingerprint density at radius 2 is 2.04 bits per heavy atom. The molecule has 5 nitrogen and oxygen atoms in total. The smallest absolute Gasteiger partial charge is 0.258 e. The molecule has 3 aromatic rings. The molecule has 4 rings (SSSR count). The van der Waals surface area contributed by atoms with Crippen LogP contribution in [0.5, 0.6) is 5.75 Å². The number of anilines is 1. The summed E-state index contributed by atoms with van der Waals surface area (Å²) in [5.74, 6) is 0.878. The summed E-state index contributed by atoms with van der Waals surface area (Å²) >= 11 is 0. The first kappa shape index (κ1) is 13.8. The van der Waals surface area contributed by atoms with Crippen LogP contribution in [0.1, 0.15) is 12.6 Å². The highest BCUT2D eigenvalue weighted by molar-refractivity contribution is 5.60. The molecule has 1 aliphatic heterocycles. The van der Waals surface area contributed by atoms with E-state index in [0.717, 1.165) is 23.7 Å². The van der Waals surface area contributed by atoms with Gasteiger partial charge in [0.15, 0.2) is 0 Å². The molecule has 116 valence electrons. The summed E-state index contributed by atoms with van der Waals surface area (Å²) in [6, 6.07) is 15.1. The van der Waals surface area contributed by atoms with Crippen LogP contribution in [0, 0.1) is 0 Å². The van der Waals surface area contributed by atoms with Crippen LogP contribution in [-0.4, -0.2) is 22.0 Å². The molecule has 0 fully saturated rings. The predicted octanol–water partition coefficient (Wildman–Crippen LogP) is 2.48. The number of aromatic nitrogens is 2. The van der Waals surface area contributed by atoms with Crippen molar-refractivity contribution in [2.75, 3.05) is 11.4 Å². The quantitative estimate of drug-likeness (QED) is 0.730. The van der Waals surface area contributed by atoms with Crippen LogP contribution in [0.25, 0.3) is 5.65 Å². The molecule has 0 amide bonds. The van der Waals surface area contributed by atoms with Crippen molar-refractivity contribution in [1.29, 1.82) is 0 Å². The van der Waals surface area contributed by atoms with E-state index in [0.29, 0.717) is 12.2 Å². The Balaban J connectivity index is 1.72. The van der Waals surface area contributed by atoms with Crippen molar-refractivity contribution < 1.29 is 4.74 Å². The molecule has 1 aliphatic rings. The third-order valence-corrected chi connectivity index (χ3v) is 3.99. The number of para-hydroxylation sites is 2. The van der Waals surface area contributed by atoms with Crippen LogP contribution in [0.3, 0.4) is 0 Å². The van der Waals surface area contributed by atoms with Crippen LogP contribution < -0.4 is 15.2 Å². The lowest BCUT2D eigenvalue weighted by molar-refractivity contribution is 0.212. The van der Waals surface area contributed by atoms with Gasteiger partial charge >= 0.3 is 0 Å². The van der Waals surface area contributed by atoms with E-state index in [1.165, 1.54) is 0 Å². The molecule has 0 radical (unpaired) electrons. The van der Waals surface area contributed by atoms with Gasteiger partial charge < -0.3 is 9.64 Å². The second-order valence-corrected chi connectivity index (χ2v) is 5.79. The molecule has 3 heterocycles. The van der Waals surface area contributed by atoms with E-state index in [9.17, 15) is 4.79 Å². The Kier molecular flexibility index (Phi) is 3.26. The highest BCUT2D eigenvalue weighted by Crippen LogP contribution is 2.33. The van der Waals surface area contributed by atoms with Gasteiger partial charge in [-0.25, -0.2) is 4.98 Å². The molecule has 5 heteroatoms. The number of hydrogen-bond donors (Lipinski definition) is 0. The minimum absolute atomic E-state index is 0.0554. The summed E-state index contributed by atoms with van der Waals surface area (Å²) in [6.07, 6.45) is 1.84. The second kappa shape index (κ2) is 5.43. The SMILES string of the molecule is CC1CN(Cc2cc(=O)n3ccccc3n2)c2ccccc2O1. The molecular formula is C18H17N3O2. The number of hydrogen-bond acceptors (Lipinski definition) is 4. The third kappa shape index (κ3) is 2.54. The van der Waals surface area contributed by atoms with Crippen molar-refractivity contribution in [3.8, 4) is 5.75 Å². The molecule has 0 saturated heterocycles. The molecule has 0 saturated carbocycles. The largest absolute Gasteiger partial charge is 0.487 e. The Labute approximate surface area is 133 Å². The molecule has 0 N–H and O–H groups in total. The summed E-state index contributed by atoms with van der Waals surface area (Å²) in [6.45, 7) is 3.41. The zero-order valence-corrected chi connectivity index (χ0v) is 12.8. The standard InChI is InChI=1S/C18H17N3O2/c1-13-11-20(15-6-2-3-7-16(15)23-13)12-14-10-18(22)21-9-5-4-8-17(21)19-14/h2-10,13H,11-12H2,1H3. The molecule has 2 aromatic heterocycles. The van der Waals surface area contributed by atoms with Crippen LogP contribution in [0.15, 0.2) is 59.5 Å². The average Bonchev–Trinajstić information content (AvgIpc) is 2.55. The van der Waals surface area contributed by atoms with Crippen LogP contribution in [0.2, 0.25) is 0 Å². The zero-order valence-electron chi connectivity index (χ0n) is 12.8. The molecule has 23 heavy (non-hydrogen) atoms. The Bertz CT molecular complexity index is 919. The fourth-order valence-electron chi connectivity index (χ4n) is 3.01. The van der Waals surface area contributed by atoms with E-state index in [2.05, 4.69) is 9.88 Å². The van der Waals surface area contributed by atoms with Crippen molar-refractivity contribution >= 4 is 11.3 Å². The lowest BCUT2D eigenvalue weighted by atomic mass is 10.2. The van der Waals surface area contributed by atoms with Crippen LogP contribution >= 0.6 is 0 Å². The highest BCUT2D eigenvalue weighted by atomic mass is 16.5. The van der Waals surface area contributed by atoms with E-state index >= 15 is 0 Å². The second-order valence-electron chi connectivity index (χ2n) is 5.79.